The summed E-state index contributed by atoms with van der Waals surface area (Å²) in [7, 11) is 3.33. The van der Waals surface area contributed by atoms with Gasteiger partial charge in [-0.15, -0.1) is 10.2 Å². The summed E-state index contributed by atoms with van der Waals surface area (Å²) in [5, 5.41) is 13.7. The van der Waals surface area contributed by atoms with E-state index in [1.807, 2.05) is 13.0 Å². The summed E-state index contributed by atoms with van der Waals surface area (Å²) in [4.78, 5) is 42.6. The third-order valence-electron chi connectivity index (χ3n) is 4.31. The van der Waals surface area contributed by atoms with Gasteiger partial charge in [0.15, 0.2) is 5.16 Å². The lowest BCUT2D eigenvalue weighted by Crippen LogP contribution is -2.35. The minimum atomic E-state index is -0.357. The molecule has 0 atom stereocenters. The Bertz CT molecular complexity index is 1130. The van der Waals surface area contributed by atoms with E-state index in [0.717, 1.165) is 5.56 Å². The molecule has 3 amide bonds. The molecule has 0 aliphatic rings. The second kappa shape index (κ2) is 10.5. The van der Waals surface area contributed by atoms with Crippen molar-refractivity contribution in [2.45, 2.75) is 12.1 Å². The molecule has 2 heterocycles. The minimum absolute atomic E-state index is 0.140. The average molecular weight is 454 g/mol. The third-order valence-corrected chi connectivity index (χ3v) is 5.34. The number of pyridine rings is 1. The number of carbonyl (C=O) groups is 3. The number of aromatic nitrogens is 4. The van der Waals surface area contributed by atoms with Crippen molar-refractivity contribution < 1.29 is 14.4 Å². The van der Waals surface area contributed by atoms with Crippen molar-refractivity contribution >= 4 is 41.0 Å². The summed E-state index contributed by atoms with van der Waals surface area (Å²) in [6, 6.07) is 10.1. The van der Waals surface area contributed by atoms with Crippen LogP contribution in [-0.4, -0.2) is 61.7 Å². The lowest BCUT2D eigenvalue weighted by Gasteiger charge is -2.17. The van der Waals surface area contributed by atoms with Crippen molar-refractivity contribution in [3.63, 3.8) is 0 Å². The van der Waals surface area contributed by atoms with Crippen LogP contribution in [-0.2, 0) is 16.6 Å². The van der Waals surface area contributed by atoms with E-state index in [4.69, 9.17) is 0 Å². The monoisotopic (exact) mass is 453 g/mol. The Labute approximate surface area is 189 Å². The molecule has 0 bridgehead atoms. The van der Waals surface area contributed by atoms with E-state index in [-0.39, 0.29) is 30.0 Å². The number of carbonyl (C=O) groups excluding carboxylic acids is 3. The van der Waals surface area contributed by atoms with Crippen LogP contribution in [0.4, 0.5) is 11.5 Å². The Kier molecular flexibility index (Phi) is 7.55. The first-order chi connectivity index (χ1) is 15.3. The zero-order valence-corrected chi connectivity index (χ0v) is 18.7. The van der Waals surface area contributed by atoms with Gasteiger partial charge in [0.25, 0.3) is 5.91 Å². The van der Waals surface area contributed by atoms with Crippen LogP contribution in [0.2, 0.25) is 0 Å². The molecule has 0 fully saturated rings. The number of hydrogen-bond donors (Lipinski definition) is 2. The number of nitrogens with one attached hydrogen (secondary N) is 2. The number of likely N-dealkylation sites (N-methyl/N-ethyl adjacent to an activating group) is 1. The maximum atomic E-state index is 12.7. The minimum Gasteiger partial charge on any atom is -0.332 e. The smallest absolute Gasteiger partial charge is 0.254 e. The molecule has 10 nitrogen and oxygen atoms in total. The quantitative estimate of drug-likeness (QED) is 0.500. The molecule has 2 aromatic heterocycles. The highest BCUT2D eigenvalue weighted by atomic mass is 32.2. The number of benzene rings is 1. The largest absolute Gasteiger partial charge is 0.332 e. The van der Waals surface area contributed by atoms with E-state index < -0.39 is 0 Å². The normalized spacial score (nSPS) is 10.5. The van der Waals surface area contributed by atoms with Crippen molar-refractivity contribution in [3.05, 3.63) is 60.0 Å². The highest BCUT2D eigenvalue weighted by Gasteiger charge is 2.16. The summed E-state index contributed by atoms with van der Waals surface area (Å²) in [6.45, 7) is 1.76. The molecule has 0 radical (unpaired) electrons. The molecule has 0 aliphatic carbocycles. The van der Waals surface area contributed by atoms with Gasteiger partial charge in [-0.25, -0.2) is 4.98 Å². The van der Waals surface area contributed by atoms with Gasteiger partial charge in [-0.2, -0.15) is 0 Å². The summed E-state index contributed by atoms with van der Waals surface area (Å²) in [5.41, 5.74) is 1.81. The maximum absolute atomic E-state index is 12.7. The fourth-order valence-corrected chi connectivity index (χ4v) is 3.44. The molecule has 0 aliphatic heterocycles. The number of anilines is 2. The van der Waals surface area contributed by atoms with Crippen LogP contribution >= 0.6 is 11.8 Å². The lowest BCUT2D eigenvalue weighted by atomic mass is 10.1. The van der Waals surface area contributed by atoms with Crippen LogP contribution in [0.25, 0.3) is 0 Å². The molecule has 0 saturated carbocycles. The van der Waals surface area contributed by atoms with Gasteiger partial charge >= 0.3 is 0 Å². The van der Waals surface area contributed by atoms with Crippen molar-refractivity contribution in [1.82, 2.24) is 24.6 Å². The summed E-state index contributed by atoms with van der Waals surface area (Å²) in [5.74, 6) is -0.357. The van der Waals surface area contributed by atoms with Gasteiger partial charge in [0.1, 0.15) is 12.1 Å². The number of thioether (sulfide) groups is 1. The van der Waals surface area contributed by atoms with Crippen LogP contribution in [0.15, 0.2) is 54.1 Å². The van der Waals surface area contributed by atoms with Crippen LogP contribution in [0.1, 0.15) is 15.9 Å². The average Bonchev–Trinajstić information content (AvgIpc) is 3.16. The first-order valence-corrected chi connectivity index (χ1v) is 10.6. The van der Waals surface area contributed by atoms with E-state index in [0.29, 0.717) is 22.2 Å². The van der Waals surface area contributed by atoms with E-state index in [9.17, 15) is 14.4 Å². The maximum Gasteiger partial charge on any atom is 0.254 e. The standard InChI is InChI=1S/C21H23N7O3S/c1-14-7-8-22-17(9-14)25-18(29)11-27(2)20(31)15-5-4-6-16(10-15)24-19(30)12-32-21-26-23-13-28(21)3/h4-10,13H,11-12H2,1-3H3,(H,24,30)(H,22,25,29). The second-order valence-electron chi connectivity index (χ2n) is 7.07. The molecule has 0 spiro atoms. The predicted octanol–water partition coefficient (Wildman–Crippen LogP) is 1.96. The van der Waals surface area contributed by atoms with Crippen LogP contribution < -0.4 is 10.6 Å². The Hall–Kier alpha value is -3.73. The highest BCUT2D eigenvalue weighted by Crippen LogP contribution is 2.16. The van der Waals surface area contributed by atoms with Crippen molar-refractivity contribution in [2.75, 3.05) is 30.0 Å². The fourth-order valence-electron chi connectivity index (χ4n) is 2.75. The Morgan fingerprint density at radius 1 is 1.12 bits per heavy atom. The molecule has 32 heavy (non-hydrogen) atoms. The van der Waals surface area contributed by atoms with Crippen molar-refractivity contribution in [2.24, 2.45) is 7.05 Å². The van der Waals surface area contributed by atoms with Gasteiger partial charge in [0.2, 0.25) is 11.8 Å². The second-order valence-corrected chi connectivity index (χ2v) is 8.01. The molecule has 3 rings (SSSR count). The first-order valence-electron chi connectivity index (χ1n) is 9.66. The first kappa shape index (κ1) is 22.9. The topological polar surface area (TPSA) is 122 Å². The van der Waals surface area contributed by atoms with Crippen molar-refractivity contribution in [1.29, 1.82) is 0 Å². The molecule has 2 N–H and O–H groups in total. The Morgan fingerprint density at radius 2 is 1.94 bits per heavy atom. The van der Waals surface area contributed by atoms with Gasteiger partial charge in [0, 0.05) is 31.5 Å². The van der Waals surface area contributed by atoms with E-state index in [1.165, 1.54) is 23.7 Å². The summed E-state index contributed by atoms with van der Waals surface area (Å²) in [6.07, 6.45) is 3.16. The molecule has 0 unspecified atom stereocenters. The van der Waals surface area contributed by atoms with Crippen LogP contribution in [0.5, 0.6) is 0 Å². The number of aryl methyl sites for hydroxylation is 2. The van der Waals surface area contributed by atoms with Crippen LogP contribution in [0, 0.1) is 6.92 Å². The summed E-state index contributed by atoms with van der Waals surface area (Å²) < 4.78 is 1.72. The van der Waals surface area contributed by atoms with Gasteiger partial charge in [0.05, 0.1) is 12.3 Å². The SMILES string of the molecule is Cc1ccnc(NC(=O)CN(C)C(=O)c2cccc(NC(=O)CSc3nncn3C)c2)c1. The summed E-state index contributed by atoms with van der Waals surface area (Å²) >= 11 is 1.26. The zero-order chi connectivity index (χ0) is 23.1. The predicted molar refractivity (Wildman–Crippen MR) is 121 cm³/mol. The number of nitrogens with zero attached hydrogens (tertiary/aromatic N) is 5. The lowest BCUT2D eigenvalue weighted by molar-refractivity contribution is -0.116. The Balaban J connectivity index is 1.54. The van der Waals surface area contributed by atoms with E-state index >= 15 is 0 Å². The molecular weight excluding hydrogens is 430 g/mol. The molecule has 1 aromatic carbocycles. The fraction of sp³-hybridized carbons (Fsp3) is 0.238. The van der Waals surface area contributed by atoms with Crippen LogP contribution in [0.3, 0.4) is 0 Å². The highest BCUT2D eigenvalue weighted by molar-refractivity contribution is 7.99. The molecule has 0 saturated heterocycles. The van der Waals surface area contributed by atoms with Gasteiger partial charge in [-0.3, -0.25) is 14.4 Å². The molecule has 166 valence electrons. The third kappa shape index (κ3) is 6.38. The molecule has 3 aromatic rings. The molecule has 11 heteroatoms. The Morgan fingerprint density at radius 3 is 2.66 bits per heavy atom. The van der Waals surface area contributed by atoms with Gasteiger partial charge in [-0.05, 0) is 42.8 Å². The van der Waals surface area contributed by atoms with E-state index in [1.54, 1.807) is 54.5 Å². The number of amides is 3. The number of hydrogen-bond acceptors (Lipinski definition) is 7. The number of rotatable bonds is 8. The van der Waals surface area contributed by atoms with Gasteiger partial charge in [-0.1, -0.05) is 17.8 Å². The van der Waals surface area contributed by atoms with E-state index in [2.05, 4.69) is 25.8 Å². The van der Waals surface area contributed by atoms with Crippen molar-refractivity contribution in [3.8, 4) is 0 Å². The van der Waals surface area contributed by atoms with Gasteiger partial charge < -0.3 is 20.1 Å². The zero-order valence-electron chi connectivity index (χ0n) is 17.9. The molecular formula is C21H23N7O3S.